The maximum Gasteiger partial charge on any atom is 0.408 e. The Balaban J connectivity index is 2.28. The van der Waals surface area contributed by atoms with E-state index >= 15 is 0 Å². The summed E-state index contributed by atoms with van der Waals surface area (Å²) >= 11 is 11.5. The van der Waals surface area contributed by atoms with Gasteiger partial charge in [-0.15, -0.1) is 0 Å². The van der Waals surface area contributed by atoms with Crippen LogP contribution in [0.2, 0.25) is 10.2 Å². The van der Waals surface area contributed by atoms with Crippen LogP contribution in [0.3, 0.4) is 0 Å². The third kappa shape index (κ3) is 2.74. The molecule has 0 aromatic carbocycles. The number of hydrogen-bond donors (Lipinski definition) is 0. The first-order valence-corrected chi connectivity index (χ1v) is 5.58. The molecule has 0 N–H and O–H groups in total. The van der Waals surface area contributed by atoms with Gasteiger partial charge >= 0.3 is 5.82 Å². The van der Waals surface area contributed by atoms with Gasteiger partial charge in [0.05, 0.1) is 11.3 Å². The first-order chi connectivity index (χ1) is 8.45. The number of nitrogens with zero attached hydrogens (tertiary/aromatic N) is 5. The molecular weight excluding hydrogens is 281 g/mol. The average molecular weight is 288 g/mol. The SMILES string of the molecule is Cc1cc(Cl)nc(Cn2cc(Cl)c([N+](=O)[O-])n2)n1. The Morgan fingerprint density at radius 3 is 2.72 bits per heavy atom. The van der Waals surface area contributed by atoms with E-state index < -0.39 is 10.7 Å². The van der Waals surface area contributed by atoms with Crippen LogP contribution in [0.25, 0.3) is 0 Å². The van der Waals surface area contributed by atoms with Crippen molar-refractivity contribution in [3.63, 3.8) is 0 Å². The Bertz CT molecular complexity index is 593. The van der Waals surface area contributed by atoms with E-state index in [1.807, 2.05) is 0 Å². The molecule has 0 bridgehead atoms. The molecule has 2 rings (SSSR count). The average Bonchev–Trinajstić information content (AvgIpc) is 2.57. The summed E-state index contributed by atoms with van der Waals surface area (Å²) < 4.78 is 1.30. The lowest BCUT2D eigenvalue weighted by Gasteiger charge is -1.99. The summed E-state index contributed by atoms with van der Waals surface area (Å²) in [5.41, 5.74) is 0.706. The summed E-state index contributed by atoms with van der Waals surface area (Å²) in [5, 5.41) is 14.6. The lowest BCUT2D eigenvalue weighted by atomic mass is 10.4. The molecular formula is C9H7Cl2N5O2. The van der Waals surface area contributed by atoms with Crippen LogP contribution in [0.1, 0.15) is 11.5 Å². The summed E-state index contributed by atoms with van der Waals surface area (Å²) in [6.45, 7) is 1.94. The van der Waals surface area contributed by atoms with Crippen LogP contribution >= 0.6 is 23.2 Å². The van der Waals surface area contributed by atoms with Gasteiger partial charge in [-0.1, -0.05) is 23.2 Å². The Morgan fingerprint density at radius 1 is 1.44 bits per heavy atom. The largest absolute Gasteiger partial charge is 0.408 e. The van der Waals surface area contributed by atoms with Gasteiger partial charge in [0.25, 0.3) is 0 Å². The lowest BCUT2D eigenvalue weighted by Crippen LogP contribution is -2.06. The van der Waals surface area contributed by atoms with Crippen molar-refractivity contribution >= 4 is 29.0 Å². The van der Waals surface area contributed by atoms with Crippen molar-refractivity contribution in [2.75, 3.05) is 0 Å². The number of aryl methyl sites for hydroxylation is 1. The normalized spacial score (nSPS) is 10.6. The molecule has 0 amide bonds. The predicted octanol–water partition coefficient (Wildman–Crippen LogP) is 2.24. The third-order valence-electron chi connectivity index (χ3n) is 2.04. The fourth-order valence-corrected chi connectivity index (χ4v) is 1.87. The molecule has 0 radical (unpaired) electrons. The van der Waals surface area contributed by atoms with Gasteiger partial charge in [0.1, 0.15) is 11.7 Å². The second-order valence-corrected chi connectivity index (χ2v) is 4.30. The maximum atomic E-state index is 10.6. The molecule has 2 heterocycles. The second-order valence-electron chi connectivity index (χ2n) is 3.50. The minimum Gasteiger partial charge on any atom is -0.358 e. The van der Waals surface area contributed by atoms with Crippen LogP contribution in [0.4, 0.5) is 5.82 Å². The van der Waals surface area contributed by atoms with Crippen molar-refractivity contribution in [3.8, 4) is 0 Å². The van der Waals surface area contributed by atoms with E-state index in [0.29, 0.717) is 16.7 Å². The summed E-state index contributed by atoms with van der Waals surface area (Å²) in [7, 11) is 0. The minimum absolute atomic E-state index is 0.0289. The van der Waals surface area contributed by atoms with E-state index in [4.69, 9.17) is 23.2 Å². The molecule has 0 aliphatic heterocycles. The zero-order chi connectivity index (χ0) is 13.3. The van der Waals surface area contributed by atoms with E-state index in [1.54, 1.807) is 13.0 Å². The van der Waals surface area contributed by atoms with Gasteiger partial charge < -0.3 is 10.1 Å². The molecule has 0 aliphatic carbocycles. The number of rotatable bonds is 3. The van der Waals surface area contributed by atoms with E-state index in [1.165, 1.54) is 10.9 Å². The van der Waals surface area contributed by atoms with Crippen LogP contribution in [0.15, 0.2) is 12.3 Å². The molecule has 0 atom stereocenters. The Labute approximate surface area is 112 Å². The van der Waals surface area contributed by atoms with Gasteiger partial charge in [-0.25, -0.2) is 9.97 Å². The first kappa shape index (κ1) is 12.7. The van der Waals surface area contributed by atoms with Crippen LogP contribution in [0.5, 0.6) is 0 Å². The van der Waals surface area contributed by atoms with E-state index in [9.17, 15) is 10.1 Å². The molecule has 2 aromatic heterocycles. The summed E-state index contributed by atoms with van der Waals surface area (Å²) in [5.74, 6) is 0.0180. The smallest absolute Gasteiger partial charge is 0.358 e. The summed E-state index contributed by atoms with van der Waals surface area (Å²) in [6, 6.07) is 1.61. The summed E-state index contributed by atoms with van der Waals surface area (Å²) in [4.78, 5) is 18.1. The van der Waals surface area contributed by atoms with Gasteiger partial charge in [-0.3, -0.25) is 0 Å². The topological polar surface area (TPSA) is 86.7 Å². The van der Waals surface area contributed by atoms with Crippen LogP contribution in [0, 0.1) is 17.0 Å². The molecule has 7 nitrogen and oxygen atoms in total. The number of halogens is 2. The highest BCUT2D eigenvalue weighted by Crippen LogP contribution is 2.21. The summed E-state index contributed by atoms with van der Waals surface area (Å²) in [6.07, 6.45) is 1.35. The molecule has 0 spiro atoms. The minimum atomic E-state index is -0.650. The molecule has 0 saturated carbocycles. The van der Waals surface area contributed by atoms with E-state index in [-0.39, 0.29) is 11.6 Å². The van der Waals surface area contributed by atoms with Gasteiger partial charge in [0.15, 0.2) is 10.8 Å². The number of nitro groups is 1. The van der Waals surface area contributed by atoms with Crippen molar-refractivity contribution < 1.29 is 4.92 Å². The number of hydrogen-bond acceptors (Lipinski definition) is 5. The molecule has 0 fully saturated rings. The fraction of sp³-hybridized carbons (Fsp3) is 0.222. The quantitative estimate of drug-likeness (QED) is 0.491. The lowest BCUT2D eigenvalue weighted by molar-refractivity contribution is -0.389. The van der Waals surface area contributed by atoms with Crippen molar-refractivity contribution in [1.82, 2.24) is 19.7 Å². The van der Waals surface area contributed by atoms with Crippen molar-refractivity contribution in [2.45, 2.75) is 13.5 Å². The highest BCUT2D eigenvalue weighted by molar-refractivity contribution is 6.32. The Hall–Kier alpha value is -1.73. The maximum absolute atomic E-state index is 10.6. The van der Waals surface area contributed by atoms with Crippen LogP contribution in [-0.4, -0.2) is 24.7 Å². The molecule has 9 heteroatoms. The molecule has 0 unspecified atom stereocenters. The molecule has 18 heavy (non-hydrogen) atoms. The van der Waals surface area contributed by atoms with Gasteiger partial charge in [-0.2, -0.15) is 4.68 Å². The van der Waals surface area contributed by atoms with Gasteiger partial charge in [0.2, 0.25) is 0 Å². The standard InChI is InChI=1S/C9H7Cl2N5O2/c1-5-2-7(11)13-8(12-5)4-15-3-6(10)9(14-15)16(17)18/h2-3H,4H2,1H3. The molecule has 0 aliphatic rings. The van der Waals surface area contributed by atoms with Crippen molar-refractivity contribution in [2.24, 2.45) is 0 Å². The second kappa shape index (κ2) is 4.87. The zero-order valence-electron chi connectivity index (χ0n) is 9.17. The van der Waals surface area contributed by atoms with Gasteiger partial charge in [-0.05, 0) is 17.9 Å². The molecule has 94 valence electrons. The monoisotopic (exact) mass is 287 g/mol. The van der Waals surface area contributed by atoms with Crippen LogP contribution < -0.4 is 0 Å². The van der Waals surface area contributed by atoms with E-state index in [2.05, 4.69) is 15.1 Å². The Morgan fingerprint density at radius 2 is 2.17 bits per heavy atom. The van der Waals surface area contributed by atoms with E-state index in [0.717, 1.165) is 0 Å². The van der Waals surface area contributed by atoms with Crippen molar-refractivity contribution in [1.29, 1.82) is 0 Å². The van der Waals surface area contributed by atoms with Crippen LogP contribution in [-0.2, 0) is 6.54 Å². The number of aromatic nitrogens is 4. The van der Waals surface area contributed by atoms with Crippen molar-refractivity contribution in [3.05, 3.63) is 44.1 Å². The third-order valence-corrected chi connectivity index (χ3v) is 2.51. The highest BCUT2D eigenvalue weighted by Gasteiger charge is 2.19. The highest BCUT2D eigenvalue weighted by atomic mass is 35.5. The zero-order valence-corrected chi connectivity index (χ0v) is 10.7. The predicted molar refractivity (Wildman–Crippen MR) is 64.8 cm³/mol. The molecule has 0 saturated heterocycles. The Kier molecular flexibility index (Phi) is 3.44. The first-order valence-electron chi connectivity index (χ1n) is 4.83. The fourth-order valence-electron chi connectivity index (χ4n) is 1.40. The van der Waals surface area contributed by atoms with Gasteiger partial charge in [0, 0.05) is 5.69 Å². The molecule has 2 aromatic rings.